The van der Waals surface area contributed by atoms with Gasteiger partial charge >= 0.3 is 0 Å². The molecule has 2 nitrogen and oxygen atoms in total. The molecule has 0 rings (SSSR count). The van der Waals surface area contributed by atoms with Crippen molar-refractivity contribution in [2.45, 2.75) is 25.9 Å². The minimum absolute atomic E-state index is 0.247. The summed E-state index contributed by atoms with van der Waals surface area (Å²) >= 11 is 6.64. The van der Waals surface area contributed by atoms with Gasteiger partial charge in [-0.1, -0.05) is 15.9 Å². The molecule has 0 saturated heterocycles. The first kappa shape index (κ1) is 11.6. The molecule has 0 fully saturated rings. The maximum absolute atomic E-state index is 8.90. The number of alkyl halides is 1. The number of hydrogen-bond acceptors (Lipinski definition) is 2. The highest BCUT2D eigenvalue weighted by atomic mass is 79.9. The van der Waals surface area contributed by atoms with E-state index in [0.29, 0.717) is 6.54 Å². The highest BCUT2D eigenvalue weighted by molar-refractivity contribution is 9.18. The van der Waals surface area contributed by atoms with Gasteiger partial charge in [0.15, 0.2) is 0 Å². The monoisotopic (exact) mass is 285 g/mol. The van der Waals surface area contributed by atoms with E-state index in [0.717, 1.165) is 22.8 Å². The fourth-order valence-corrected chi connectivity index (χ4v) is 1.81. The van der Waals surface area contributed by atoms with Crippen molar-refractivity contribution < 1.29 is 5.11 Å². The number of aliphatic hydroxyl groups excluding tert-OH is 1. The molecule has 0 aliphatic rings. The fourth-order valence-electron chi connectivity index (χ4n) is 0.530. The lowest BCUT2D eigenvalue weighted by atomic mass is 10.3. The van der Waals surface area contributed by atoms with Crippen LogP contribution in [0.2, 0.25) is 0 Å². The Hall–Kier alpha value is 0.590. The van der Waals surface area contributed by atoms with Crippen molar-refractivity contribution in [2.24, 2.45) is 4.99 Å². The summed E-state index contributed by atoms with van der Waals surface area (Å²) in [5, 5.41) is 9.82. The molecule has 0 aromatic heterocycles. The predicted octanol–water partition coefficient (Wildman–Crippen LogP) is 2.34. The molecular weight excluding hydrogens is 274 g/mol. The Morgan fingerprint density at radius 1 is 1.64 bits per heavy atom. The van der Waals surface area contributed by atoms with E-state index < -0.39 is 0 Å². The number of hydrogen-bond donors (Lipinski definition) is 1. The Balaban J connectivity index is 3.39. The summed E-state index contributed by atoms with van der Waals surface area (Å²) in [7, 11) is 0. The average molecular weight is 287 g/mol. The zero-order chi connectivity index (χ0) is 8.69. The summed E-state index contributed by atoms with van der Waals surface area (Å²) in [5.41, 5.74) is 0. The van der Waals surface area contributed by atoms with Gasteiger partial charge in [-0.25, -0.2) is 0 Å². The zero-order valence-corrected chi connectivity index (χ0v) is 9.73. The molecule has 0 aromatic carbocycles. The van der Waals surface area contributed by atoms with Gasteiger partial charge in [-0.15, -0.1) is 0 Å². The summed E-state index contributed by atoms with van der Waals surface area (Å²) in [6, 6.07) is 0. The fraction of sp³-hybridized carbons (Fsp3) is 0.857. The van der Waals surface area contributed by atoms with E-state index in [2.05, 4.69) is 36.9 Å². The summed E-state index contributed by atoms with van der Waals surface area (Å²) in [6.45, 7) is 2.47. The number of halogens is 2. The lowest BCUT2D eigenvalue weighted by Crippen LogP contribution is -2.02. The van der Waals surface area contributed by atoms with E-state index >= 15 is 0 Å². The van der Waals surface area contributed by atoms with Crippen LogP contribution in [0.5, 0.6) is 0 Å². The maximum atomic E-state index is 8.90. The molecule has 0 saturated carbocycles. The summed E-state index contributed by atoms with van der Waals surface area (Å²) in [5.74, 6) is 0. The molecule has 0 bridgehead atoms. The molecule has 0 aliphatic carbocycles. The molecule has 0 spiro atoms. The largest absolute Gasteiger partial charge is 0.393 e. The minimum Gasteiger partial charge on any atom is -0.393 e. The van der Waals surface area contributed by atoms with Gasteiger partial charge in [-0.2, -0.15) is 0 Å². The molecule has 4 heteroatoms. The van der Waals surface area contributed by atoms with Gasteiger partial charge in [0.1, 0.15) is 0 Å². The highest BCUT2D eigenvalue weighted by Crippen LogP contribution is 2.00. The normalized spacial score (nSPS) is 15.1. The smallest absolute Gasteiger partial charge is 0.0782 e. The van der Waals surface area contributed by atoms with Gasteiger partial charge < -0.3 is 5.11 Å². The molecule has 1 N–H and O–H groups in total. The van der Waals surface area contributed by atoms with Crippen LogP contribution >= 0.6 is 31.9 Å². The minimum atomic E-state index is -0.247. The van der Waals surface area contributed by atoms with E-state index in [9.17, 15) is 0 Å². The van der Waals surface area contributed by atoms with Crippen molar-refractivity contribution in [3.8, 4) is 0 Å². The van der Waals surface area contributed by atoms with Crippen LogP contribution in [0.1, 0.15) is 19.8 Å². The Morgan fingerprint density at radius 2 is 2.27 bits per heavy atom. The van der Waals surface area contributed by atoms with Crippen LogP contribution in [0.25, 0.3) is 0 Å². The molecule has 1 atom stereocenters. The molecule has 0 radical (unpaired) electrons. The van der Waals surface area contributed by atoms with Gasteiger partial charge in [0.2, 0.25) is 0 Å². The second-order valence-corrected chi connectivity index (χ2v) is 4.04. The van der Waals surface area contributed by atoms with Crippen molar-refractivity contribution in [2.75, 3.05) is 11.9 Å². The van der Waals surface area contributed by atoms with E-state index in [1.54, 1.807) is 6.92 Å². The molecule has 0 aliphatic heterocycles. The second-order valence-electron chi connectivity index (χ2n) is 2.33. The van der Waals surface area contributed by atoms with Crippen molar-refractivity contribution in [3.63, 3.8) is 0 Å². The van der Waals surface area contributed by atoms with E-state index in [1.807, 2.05) is 0 Å². The molecule has 0 aromatic rings. The number of rotatable bonds is 5. The van der Waals surface area contributed by atoms with Crippen LogP contribution < -0.4 is 0 Å². The lowest BCUT2D eigenvalue weighted by molar-refractivity contribution is 0.187. The standard InChI is InChI=1S/C7H13Br2NO/c1-6(11)3-5-10-7(9)2-4-8/h6,11H,2-5H2,1H3. The van der Waals surface area contributed by atoms with Crippen molar-refractivity contribution in [3.05, 3.63) is 0 Å². The Morgan fingerprint density at radius 3 is 2.73 bits per heavy atom. The Kier molecular flexibility index (Phi) is 7.64. The first-order chi connectivity index (χ1) is 5.16. The first-order valence-corrected chi connectivity index (χ1v) is 5.51. The van der Waals surface area contributed by atoms with Crippen molar-refractivity contribution >= 4 is 36.5 Å². The summed E-state index contributed by atoms with van der Waals surface area (Å²) in [4.78, 5) is 4.20. The lowest BCUT2D eigenvalue weighted by Gasteiger charge is -1.99. The van der Waals surface area contributed by atoms with E-state index in [-0.39, 0.29) is 6.10 Å². The van der Waals surface area contributed by atoms with Gasteiger partial charge in [0.05, 0.1) is 10.7 Å². The van der Waals surface area contributed by atoms with Crippen molar-refractivity contribution in [1.29, 1.82) is 0 Å². The zero-order valence-electron chi connectivity index (χ0n) is 6.56. The summed E-state index contributed by atoms with van der Waals surface area (Å²) in [6.07, 6.45) is 1.40. The average Bonchev–Trinajstić information content (AvgIpc) is 1.87. The molecule has 0 heterocycles. The van der Waals surface area contributed by atoms with Gasteiger partial charge in [0.25, 0.3) is 0 Å². The predicted molar refractivity (Wildman–Crippen MR) is 55.9 cm³/mol. The number of aliphatic imine (C=N–C) groups is 1. The number of nitrogens with zero attached hydrogens (tertiary/aromatic N) is 1. The molecule has 11 heavy (non-hydrogen) atoms. The van der Waals surface area contributed by atoms with Gasteiger partial charge in [-0.05, 0) is 29.3 Å². The molecule has 0 amide bonds. The second kappa shape index (κ2) is 7.25. The third-order valence-corrected chi connectivity index (χ3v) is 2.17. The summed E-state index contributed by atoms with van der Waals surface area (Å²) < 4.78 is 0.968. The third-order valence-electron chi connectivity index (χ3n) is 1.13. The van der Waals surface area contributed by atoms with Crippen LogP contribution in [0.3, 0.4) is 0 Å². The van der Waals surface area contributed by atoms with Crippen LogP contribution in [-0.2, 0) is 0 Å². The van der Waals surface area contributed by atoms with Crippen LogP contribution in [0.4, 0.5) is 0 Å². The topological polar surface area (TPSA) is 32.6 Å². The first-order valence-electron chi connectivity index (χ1n) is 3.59. The quantitative estimate of drug-likeness (QED) is 0.611. The highest BCUT2D eigenvalue weighted by Gasteiger charge is 1.94. The Labute approximate surface area is 84.4 Å². The van der Waals surface area contributed by atoms with Gasteiger partial charge in [0, 0.05) is 18.3 Å². The maximum Gasteiger partial charge on any atom is 0.0782 e. The SMILES string of the molecule is CC(O)CCN=C(Br)CCBr. The molecular formula is C7H13Br2NO. The van der Waals surface area contributed by atoms with Crippen LogP contribution in [0.15, 0.2) is 4.99 Å². The molecule has 66 valence electrons. The van der Waals surface area contributed by atoms with Crippen molar-refractivity contribution in [1.82, 2.24) is 0 Å². The van der Waals surface area contributed by atoms with E-state index in [4.69, 9.17) is 5.11 Å². The van der Waals surface area contributed by atoms with E-state index in [1.165, 1.54) is 0 Å². The number of aliphatic hydroxyl groups is 1. The molecule has 1 unspecified atom stereocenters. The van der Waals surface area contributed by atoms with Gasteiger partial charge in [-0.3, -0.25) is 4.99 Å². The Bertz CT molecular complexity index is 126. The van der Waals surface area contributed by atoms with Crippen LogP contribution in [0, 0.1) is 0 Å². The van der Waals surface area contributed by atoms with Crippen LogP contribution in [-0.4, -0.2) is 27.7 Å². The third kappa shape index (κ3) is 8.50.